The molecular weight excluding hydrogens is 356 g/mol. The first kappa shape index (κ1) is 17.4. The van der Waals surface area contributed by atoms with Crippen molar-refractivity contribution in [3.63, 3.8) is 0 Å². The molecule has 21 heavy (non-hydrogen) atoms. The molecule has 0 radical (unpaired) electrons. The number of nitrogens with two attached hydrogens (primary N) is 1. The maximum Gasteiger partial charge on any atom is 0.412 e. The Labute approximate surface area is 137 Å². The minimum absolute atomic E-state index is 0.0582. The van der Waals surface area contributed by atoms with E-state index in [1.165, 1.54) is 6.21 Å². The highest BCUT2D eigenvalue weighted by molar-refractivity contribution is 9.10. The molecule has 114 valence electrons. The molecule has 1 rings (SSSR count). The van der Waals surface area contributed by atoms with Gasteiger partial charge in [0, 0.05) is 10.0 Å². The van der Waals surface area contributed by atoms with E-state index in [1.807, 2.05) is 0 Å². The molecule has 0 heterocycles. The zero-order valence-corrected chi connectivity index (χ0v) is 14.3. The fourth-order valence-electron chi connectivity index (χ4n) is 1.33. The predicted molar refractivity (Wildman–Crippen MR) is 91.5 cm³/mol. The molecule has 0 aliphatic heterocycles. The average molecular weight is 373 g/mol. The van der Waals surface area contributed by atoms with E-state index in [-0.39, 0.29) is 5.11 Å². The molecule has 0 bridgehead atoms. The third-order valence-corrected chi connectivity index (χ3v) is 2.61. The number of hydrogen-bond donors (Lipinski definition) is 3. The summed E-state index contributed by atoms with van der Waals surface area (Å²) in [6, 6.07) is 5.32. The van der Waals surface area contributed by atoms with Crippen LogP contribution >= 0.6 is 28.1 Å². The van der Waals surface area contributed by atoms with Gasteiger partial charge in [0.25, 0.3) is 0 Å². The molecule has 6 nitrogen and oxygen atoms in total. The van der Waals surface area contributed by atoms with Gasteiger partial charge in [-0.2, -0.15) is 5.10 Å². The lowest BCUT2D eigenvalue weighted by molar-refractivity contribution is 0.0636. The fraction of sp³-hybridized carbons (Fsp3) is 0.308. The topological polar surface area (TPSA) is 88.7 Å². The number of halogens is 1. The van der Waals surface area contributed by atoms with Crippen LogP contribution in [0.1, 0.15) is 26.3 Å². The molecule has 0 aliphatic carbocycles. The van der Waals surface area contributed by atoms with Crippen LogP contribution in [0.15, 0.2) is 27.8 Å². The number of carbonyl (C=O) groups excluding carboxylic acids is 1. The average Bonchev–Trinajstić information content (AvgIpc) is 2.29. The van der Waals surface area contributed by atoms with Gasteiger partial charge in [-0.3, -0.25) is 10.7 Å². The second kappa shape index (κ2) is 7.37. The van der Waals surface area contributed by atoms with Gasteiger partial charge in [0.05, 0.1) is 11.9 Å². The summed E-state index contributed by atoms with van der Waals surface area (Å²) in [4.78, 5) is 11.8. The van der Waals surface area contributed by atoms with Crippen LogP contribution in [-0.4, -0.2) is 23.0 Å². The molecular formula is C13H17BrN4O2S. The summed E-state index contributed by atoms with van der Waals surface area (Å²) in [6.45, 7) is 5.38. The lowest BCUT2D eigenvalue weighted by atomic mass is 10.2. The first-order valence-corrected chi connectivity index (χ1v) is 7.25. The van der Waals surface area contributed by atoms with E-state index >= 15 is 0 Å². The van der Waals surface area contributed by atoms with Crippen LogP contribution in [0, 0.1) is 0 Å². The van der Waals surface area contributed by atoms with Crippen LogP contribution in [0.4, 0.5) is 10.5 Å². The SMILES string of the molecule is CC(C)(C)OC(=O)Nc1ccc(Br)cc1C=NNC(N)=S. The molecule has 1 aromatic carbocycles. The predicted octanol–water partition coefficient (Wildman–Crippen LogP) is 2.96. The molecule has 0 saturated heterocycles. The van der Waals surface area contributed by atoms with Crippen molar-refractivity contribution in [1.82, 2.24) is 5.43 Å². The molecule has 0 atom stereocenters. The lowest BCUT2D eigenvalue weighted by Gasteiger charge is -2.20. The summed E-state index contributed by atoms with van der Waals surface area (Å²) in [6.07, 6.45) is 0.957. The number of hydrazone groups is 1. The van der Waals surface area contributed by atoms with Gasteiger partial charge in [-0.25, -0.2) is 4.79 Å². The molecule has 0 unspecified atom stereocenters. The van der Waals surface area contributed by atoms with Crippen LogP contribution in [0.3, 0.4) is 0 Å². The third kappa shape index (κ3) is 7.05. The van der Waals surface area contributed by atoms with Crippen molar-refractivity contribution in [1.29, 1.82) is 0 Å². The maximum atomic E-state index is 11.8. The number of nitrogens with one attached hydrogen (secondary N) is 2. The van der Waals surface area contributed by atoms with Crippen molar-refractivity contribution in [3.8, 4) is 0 Å². The number of hydrogen-bond acceptors (Lipinski definition) is 4. The first-order valence-electron chi connectivity index (χ1n) is 6.05. The van der Waals surface area contributed by atoms with Crippen molar-refractivity contribution >= 4 is 51.3 Å². The van der Waals surface area contributed by atoms with Crippen molar-refractivity contribution in [2.75, 3.05) is 5.32 Å². The monoisotopic (exact) mass is 372 g/mol. The smallest absolute Gasteiger partial charge is 0.412 e. The van der Waals surface area contributed by atoms with E-state index in [1.54, 1.807) is 39.0 Å². The fourth-order valence-corrected chi connectivity index (χ4v) is 1.76. The van der Waals surface area contributed by atoms with Crippen LogP contribution < -0.4 is 16.5 Å². The van der Waals surface area contributed by atoms with E-state index < -0.39 is 11.7 Å². The van der Waals surface area contributed by atoms with Crippen LogP contribution in [0.5, 0.6) is 0 Å². The summed E-state index contributed by atoms with van der Waals surface area (Å²) in [7, 11) is 0. The number of carbonyl (C=O) groups is 1. The number of nitrogens with zero attached hydrogens (tertiary/aromatic N) is 1. The molecule has 0 fully saturated rings. The van der Waals surface area contributed by atoms with E-state index in [0.29, 0.717) is 11.3 Å². The lowest BCUT2D eigenvalue weighted by Crippen LogP contribution is -2.27. The minimum atomic E-state index is -0.568. The highest BCUT2D eigenvalue weighted by atomic mass is 79.9. The third-order valence-electron chi connectivity index (χ3n) is 2.03. The summed E-state index contributed by atoms with van der Waals surface area (Å²) in [5.41, 5.74) is 8.39. The summed E-state index contributed by atoms with van der Waals surface area (Å²) >= 11 is 8.01. The Kier molecular flexibility index (Phi) is 6.10. The molecule has 0 aliphatic rings. The zero-order valence-electron chi connectivity index (χ0n) is 11.9. The summed E-state index contributed by atoms with van der Waals surface area (Å²) in [5, 5.41) is 6.60. The highest BCUT2D eigenvalue weighted by Gasteiger charge is 2.17. The van der Waals surface area contributed by atoms with Crippen molar-refractivity contribution in [2.45, 2.75) is 26.4 Å². The normalized spacial score (nSPS) is 11.2. The Morgan fingerprint density at radius 1 is 1.48 bits per heavy atom. The second-order valence-electron chi connectivity index (χ2n) is 5.09. The van der Waals surface area contributed by atoms with Gasteiger partial charge in [0.1, 0.15) is 5.60 Å². The van der Waals surface area contributed by atoms with Gasteiger partial charge in [0.15, 0.2) is 5.11 Å². The number of thiocarbonyl (C=S) groups is 1. The Balaban J connectivity index is 2.89. The highest BCUT2D eigenvalue weighted by Crippen LogP contribution is 2.20. The molecule has 8 heteroatoms. The van der Waals surface area contributed by atoms with Crippen LogP contribution in [0.2, 0.25) is 0 Å². The van der Waals surface area contributed by atoms with Crippen LogP contribution in [0.25, 0.3) is 0 Å². The van der Waals surface area contributed by atoms with Gasteiger partial charge in [-0.1, -0.05) is 15.9 Å². The summed E-state index contributed by atoms with van der Waals surface area (Å²) < 4.78 is 6.05. The number of benzene rings is 1. The number of rotatable bonds is 3. The van der Waals surface area contributed by atoms with Gasteiger partial charge in [0.2, 0.25) is 0 Å². The van der Waals surface area contributed by atoms with Crippen LogP contribution in [-0.2, 0) is 4.74 Å². The number of amides is 1. The maximum absolute atomic E-state index is 11.8. The van der Waals surface area contributed by atoms with E-state index in [4.69, 9.17) is 10.5 Å². The van der Waals surface area contributed by atoms with Gasteiger partial charge < -0.3 is 10.5 Å². The van der Waals surface area contributed by atoms with Crippen molar-refractivity contribution in [3.05, 3.63) is 28.2 Å². The Morgan fingerprint density at radius 2 is 2.14 bits per heavy atom. The number of ether oxygens (including phenoxy) is 1. The second-order valence-corrected chi connectivity index (χ2v) is 6.45. The first-order chi connectivity index (χ1) is 9.67. The molecule has 4 N–H and O–H groups in total. The number of anilines is 1. The van der Waals surface area contributed by atoms with Gasteiger partial charge in [-0.05, 0) is 51.2 Å². The standard InChI is InChI=1S/C13H17BrN4O2S/c1-13(2,3)20-12(19)17-10-5-4-9(14)6-8(10)7-16-18-11(15)21/h4-7H,1-3H3,(H,17,19)(H3,15,18,21). The van der Waals surface area contributed by atoms with E-state index in [0.717, 1.165) is 4.47 Å². The largest absolute Gasteiger partial charge is 0.444 e. The van der Waals surface area contributed by atoms with E-state index in [9.17, 15) is 4.79 Å². The molecule has 0 spiro atoms. The minimum Gasteiger partial charge on any atom is -0.444 e. The molecule has 0 saturated carbocycles. The molecule has 1 aromatic rings. The Hall–Kier alpha value is -1.67. The molecule has 1 amide bonds. The molecule has 0 aromatic heterocycles. The zero-order chi connectivity index (χ0) is 16.0. The van der Waals surface area contributed by atoms with Crippen molar-refractivity contribution in [2.24, 2.45) is 10.8 Å². The van der Waals surface area contributed by atoms with Crippen molar-refractivity contribution < 1.29 is 9.53 Å². The summed E-state index contributed by atoms with van der Waals surface area (Å²) in [5.74, 6) is 0. The van der Waals surface area contributed by atoms with Gasteiger partial charge >= 0.3 is 6.09 Å². The quantitative estimate of drug-likeness (QED) is 0.431. The van der Waals surface area contributed by atoms with E-state index in [2.05, 4.69) is 44.0 Å². The van der Waals surface area contributed by atoms with Gasteiger partial charge in [-0.15, -0.1) is 0 Å². The Morgan fingerprint density at radius 3 is 2.71 bits per heavy atom. The Bertz CT molecular complexity index is 570.